The van der Waals surface area contributed by atoms with Gasteiger partial charge in [0.1, 0.15) is 5.82 Å². The molecule has 1 aromatic carbocycles. The third-order valence-corrected chi connectivity index (χ3v) is 3.19. The van der Waals surface area contributed by atoms with E-state index in [9.17, 15) is 4.39 Å². The fourth-order valence-electron chi connectivity index (χ4n) is 1.94. The summed E-state index contributed by atoms with van der Waals surface area (Å²) in [7, 11) is 0. The molecule has 0 fully saturated rings. The lowest BCUT2D eigenvalue weighted by Crippen LogP contribution is -2.13. The van der Waals surface area contributed by atoms with Gasteiger partial charge in [-0.3, -0.25) is 0 Å². The van der Waals surface area contributed by atoms with E-state index in [0.29, 0.717) is 5.56 Å². The average Bonchev–Trinajstić information content (AvgIpc) is 2.74. The lowest BCUT2D eigenvalue weighted by atomic mass is 9.99. The Labute approximate surface area is 93.7 Å². The minimum absolute atomic E-state index is 0.151. The molecule has 0 bridgehead atoms. The SMILES string of the molecule is NC(C1=CCCC1)c1cccc(F)c1Cl. The monoisotopic (exact) mass is 225 g/mol. The van der Waals surface area contributed by atoms with Crippen LogP contribution in [0.1, 0.15) is 30.9 Å². The van der Waals surface area contributed by atoms with Crippen LogP contribution < -0.4 is 5.73 Å². The van der Waals surface area contributed by atoms with Crippen molar-refractivity contribution in [2.24, 2.45) is 5.73 Å². The quantitative estimate of drug-likeness (QED) is 0.765. The second-order valence-corrected chi connectivity index (χ2v) is 4.17. The highest BCUT2D eigenvalue weighted by Crippen LogP contribution is 2.33. The van der Waals surface area contributed by atoms with E-state index in [1.165, 1.54) is 11.6 Å². The maximum Gasteiger partial charge on any atom is 0.142 e. The second-order valence-electron chi connectivity index (χ2n) is 3.79. The molecule has 1 aromatic rings. The lowest BCUT2D eigenvalue weighted by Gasteiger charge is -2.15. The molecule has 2 N–H and O–H groups in total. The first-order valence-electron chi connectivity index (χ1n) is 5.08. The first kappa shape index (κ1) is 10.7. The van der Waals surface area contributed by atoms with Gasteiger partial charge in [-0.25, -0.2) is 4.39 Å². The zero-order valence-electron chi connectivity index (χ0n) is 8.34. The molecule has 15 heavy (non-hydrogen) atoms. The largest absolute Gasteiger partial charge is 0.320 e. The van der Waals surface area contributed by atoms with Crippen LogP contribution in [0, 0.1) is 5.82 Å². The first-order valence-corrected chi connectivity index (χ1v) is 5.46. The van der Waals surface area contributed by atoms with Crippen LogP contribution in [0.5, 0.6) is 0 Å². The summed E-state index contributed by atoms with van der Waals surface area (Å²) in [5.74, 6) is -0.400. The van der Waals surface area contributed by atoms with Gasteiger partial charge in [0.2, 0.25) is 0 Å². The summed E-state index contributed by atoms with van der Waals surface area (Å²) >= 11 is 5.88. The fourth-order valence-corrected chi connectivity index (χ4v) is 2.18. The number of benzene rings is 1. The molecule has 3 heteroatoms. The van der Waals surface area contributed by atoms with Crippen molar-refractivity contribution < 1.29 is 4.39 Å². The summed E-state index contributed by atoms with van der Waals surface area (Å²) in [4.78, 5) is 0. The zero-order valence-corrected chi connectivity index (χ0v) is 9.10. The molecular formula is C12H13ClFN. The number of allylic oxidation sites excluding steroid dienone is 1. The Kier molecular flexibility index (Phi) is 3.08. The normalized spacial score (nSPS) is 17.7. The molecule has 1 unspecified atom stereocenters. The summed E-state index contributed by atoms with van der Waals surface area (Å²) in [6.07, 6.45) is 5.33. The van der Waals surface area contributed by atoms with E-state index >= 15 is 0 Å². The minimum atomic E-state index is -0.400. The van der Waals surface area contributed by atoms with Crippen LogP contribution in [0.3, 0.4) is 0 Å². The standard InChI is InChI=1S/C12H13ClFN/c13-11-9(6-3-7-10(11)14)12(15)8-4-1-2-5-8/h3-4,6-7,12H,1-2,5,15H2. The van der Waals surface area contributed by atoms with Crippen LogP contribution >= 0.6 is 11.6 Å². The molecule has 1 nitrogen and oxygen atoms in total. The van der Waals surface area contributed by atoms with E-state index in [-0.39, 0.29) is 11.1 Å². The van der Waals surface area contributed by atoms with E-state index in [4.69, 9.17) is 17.3 Å². The maximum atomic E-state index is 13.2. The van der Waals surface area contributed by atoms with E-state index in [0.717, 1.165) is 19.3 Å². The number of hydrogen-bond donors (Lipinski definition) is 1. The minimum Gasteiger partial charge on any atom is -0.320 e. The van der Waals surface area contributed by atoms with Gasteiger partial charge < -0.3 is 5.73 Å². The van der Waals surface area contributed by atoms with Crippen molar-refractivity contribution in [1.29, 1.82) is 0 Å². The molecule has 0 spiro atoms. The summed E-state index contributed by atoms with van der Waals surface area (Å²) in [6, 6.07) is 4.53. The van der Waals surface area contributed by atoms with Gasteiger partial charge in [-0.05, 0) is 30.9 Å². The van der Waals surface area contributed by atoms with Crippen LogP contribution in [0.2, 0.25) is 5.02 Å². The molecule has 0 aromatic heterocycles. The smallest absolute Gasteiger partial charge is 0.142 e. The van der Waals surface area contributed by atoms with E-state index < -0.39 is 5.82 Å². The Morgan fingerprint density at radius 1 is 1.40 bits per heavy atom. The van der Waals surface area contributed by atoms with Gasteiger partial charge >= 0.3 is 0 Å². The molecule has 0 saturated heterocycles. The van der Waals surface area contributed by atoms with Gasteiger partial charge in [0.15, 0.2) is 0 Å². The fraction of sp³-hybridized carbons (Fsp3) is 0.333. The Morgan fingerprint density at radius 2 is 2.20 bits per heavy atom. The molecule has 0 amide bonds. The average molecular weight is 226 g/mol. The van der Waals surface area contributed by atoms with Crippen LogP contribution in [0.15, 0.2) is 29.8 Å². The van der Waals surface area contributed by atoms with Crippen molar-refractivity contribution in [3.8, 4) is 0 Å². The van der Waals surface area contributed by atoms with Gasteiger partial charge in [-0.1, -0.05) is 35.4 Å². The maximum absolute atomic E-state index is 13.2. The molecule has 0 heterocycles. The Morgan fingerprint density at radius 3 is 2.87 bits per heavy atom. The number of halogens is 2. The van der Waals surface area contributed by atoms with Crippen molar-refractivity contribution in [2.45, 2.75) is 25.3 Å². The third kappa shape index (κ3) is 2.06. The third-order valence-electron chi connectivity index (χ3n) is 2.79. The highest BCUT2D eigenvalue weighted by atomic mass is 35.5. The molecule has 0 saturated carbocycles. The van der Waals surface area contributed by atoms with Gasteiger partial charge in [-0.2, -0.15) is 0 Å². The molecular weight excluding hydrogens is 213 g/mol. The number of rotatable bonds is 2. The van der Waals surface area contributed by atoms with Crippen molar-refractivity contribution in [3.05, 3.63) is 46.3 Å². The predicted octanol–water partition coefficient (Wildman–Crippen LogP) is 3.59. The predicted molar refractivity (Wildman–Crippen MR) is 60.3 cm³/mol. The molecule has 80 valence electrons. The molecule has 2 rings (SSSR count). The van der Waals surface area contributed by atoms with Gasteiger partial charge in [0, 0.05) is 0 Å². The van der Waals surface area contributed by atoms with Crippen LogP contribution in [0.25, 0.3) is 0 Å². The highest BCUT2D eigenvalue weighted by molar-refractivity contribution is 6.31. The van der Waals surface area contributed by atoms with Crippen molar-refractivity contribution in [3.63, 3.8) is 0 Å². The summed E-state index contributed by atoms with van der Waals surface area (Å²) in [5, 5.41) is 0.151. The first-order chi connectivity index (χ1) is 7.20. The topological polar surface area (TPSA) is 26.0 Å². The van der Waals surface area contributed by atoms with Crippen LogP contribution in [0.4, 0.5) is 4.39 Å². The molecule has 1 atom stereocenters. The Hall–Kier alpha value is -0.860. The van der Waals surface area contributed by atoms with Crippen LogP contribution in [-0.2, 0) is 0 Å². The van der Waals surface area contributed by atoms with Crippen LogP contribution in [-0.4, -0.2) is 0 Å². The molecule has 1 aliphatic carbocycles. The molecule has 0 radical (unpaired) electrons. The van der Waals surface area contributed by atoms with Crippen molar-refractivity contribution >= 4 is 11.6 Å². The van der Waals surface area contributed by atoms with Crippen molar-refractivity contribution in [1.82, 2.24) is 0 Å². The van der Waals surface area contributed by atoms with Gasteiger partial charge in [-0.15, -0.1) is 0 Å². The second kappa shape index (κ2) is 4.33. The summed E-state index contributed by atoms with van der Waals surface area (Å²) < 4.78 is 13.2. The summed E-state index contributed by atoms with van der Waals surface area (Å²) in [5.41, 5.74) is 7.90. The van der Waals surface area contributed by atoms with E-state index in [1.54, 1.807) is 12.1 Å². The van der Waals surface area contributed by atoms with Crippen molar-refractivity contribution in [2.75, 3.05) is 0 Å². The lowest BCUT2D eigenvalue weighted by molar-refractivity contribution is 0.623. The molecule has 0 aliphatic heterocycles. The number of nitrogens with two attached hydrogens (primary N) is 1. The Bertz CT molecular complexity index is 401. The van der Waals surface area contributed by atoms with E-state index in [2.05, 4.69) is 6.08 Å². The summed E-state index contributed by atoms with van der Waals surface area (Å²) in [6.45, 7) is 0. The number of hydrogen-bond acceptors (Lipinski definition) is 1. The Balaban J connectivity index is 2.32. The zero-order chi connectivity index (χ0) is 10.8. The molecule has 1 aliphatic rings. The highest BCUT2D eigenvalue weighted by Gasteiger charge is 2.18. The van der Waals surface area contributed by atoms with E-state index in [1.807, 2.05) is 0 Å². The van der Waals surface area contributed by atoms with Gasteiger partial charge in [0.05, 0.1) is 11.1 Å². The van der Waals surface area contributed by atoms with Gasteiger partial charge in [0.25, 0.3) is 0 Å².